The highest BCUT2D eigenvalue weighted by molar-refractivity contribution is 5.31. The average molecular weight is 259 g/mol. The highest BCUT2D eigenvalue weighted by Crippen LogP contribution is 2.68. The molecule has 19 heavy (non-hydrogen) atoms. The van der Waals surface area contributed by atoms with E-state index in [4.69, 9.17) is 0 Å². The summed E-state index contributed by atoms with van der Waals surface area (Å²) in [5.74, 6) is 0.786. The predicted octanol–water partition coefficient (Wildman–Crippen LogP) is 4.64. The van der Waals surface area contributed by atoms with Gasteiger partial charge in [0, 0.05) is 6.04 Å². The monoisotopic (exact) mass is 259 g/mol. The first kappa shape index (κ1) is 14.6. The van der Waals surface area contributed by atoms with Crippen LogP contribution in [0.2, 0.25) is 0 Å². The first-order valence-corrected chi connectivity index (χ1v) is 7.48. The van der Waals surface area contributed by atoms with Crippen LogP contribution >= 0.6 is 0 Å². The Balaban J connectivity index is 1.96. The van der Waals surface area contributed by atoms with Crippen molar-refractivity contribution in [1.82, 2.24) is 5.32 Å². The molecule has 2 rings (SSSR count). The SMILES string of the molecule is Cc1ccc(C(C)NCC2C(C)(C)C2(C)C)cc1C. The molecule has 1 N–H and O–H groups in total. The fourth-order valence-corrected chi connectivity index (χ4v) is 3.29. The first-order valence-electron chi connectivity index (χ1n) is 7.48. The van der Waals surface area contributed by atoms with Crippen LogP contribution in [0.3, 0.4) is 0 Å². The number of rotatable bonds is 4. The Morgan fingerprint density at radius 2 is 1.63 bits per heavy atom. The summed E-state index contributed by atoms with van der Waals surface area (Å²) < 4.78 is 0. The van der Waals surface area contributed by atoms with E-state index in [-0.39, 0.29) is 0 Å². The van der Waals surface area contributed by atoms with Crippen molar-refractivity contribution >= 4 is 0 Å². The van der Waals surface area contributed by atoms with Crippen molar-refractivity contribution in [2.24, 2.45) is 16.7 Å². The molecule has 0 heterocycles. The van der Waals surface area contributed by atoms with Crippen molar-refractivity contribution in [1.29, 1.82) is 0 Å². The molecule has 0 saturated heterocycles. The highest BCUT2D eigenvalue weighted by atomic mass is 14.9. The van der Waals surface area contributed by atoms with Crippen LogP contribution < -0.4 is 5.32 Å². The molecule has 1 unspecified atom stereocenters. The van der Waals surface area contributed by atoms with Crippen LogP contribution in [0, 0.1) is 30.6 Å². The van der Waals surface area contributed by atoms with Gasteiger partial charge >= 0.3 is 0 Å². The lowest BCUT2D eigenvalue weighted by Gasteiger charge is -2.16. The van der Waals surface area contributed by atoms with E-state index in [1.807, 2.05) is 0 Å². The molecule has 1 heteroatoms. The third-order valence-electron chi connectivity index (χ3n) is 5.98. The second kappa shape index (κ2) is 4.63. The minimum absolute atomic E-state index is 0.437. The molecule has 106 valence electrons. The predicted molar refractivity (Wildman–Crippen MR) is 83.4 cm³/mol. The topological polar surface area (TPSA) is 12.0 Å². The molecule has 1 aromatic rings. The summed E-state index contributed by atoms with van der Waals surface area (Å²) in [4.78, 5) is 0. The van der Waals surface area contributed by atoms with E-state index in [1.165, 1.54) is 16.7 Å². The number of nitrogens with one attached hydrogen (secondary N) is 1. The van der Waals surface area contributed by atoms with Gasteiger partial charge in [0.25, 0.3) is 0 Å². The van der Waals surface area contributed by atoms with E-state index in [2.05, 4.69) is 72.0 Å². The van der Waals surface area contributed by atoms with Gasteiger partial charge in [-0.1, -0.05) is 45.9 Å². The molecule has 0 aliphatic heterocycles. The van der Waals surface area contributed by atoms with Gasteiger partial charge in [-0.05, 0) is 60.8 Å². The summed E-state index contributed by atoms with van der Waals surface area (Å²) in [6.45, 7) is 17.3. The fourth-order valence-electron chi connectivity index (χ4n) is 3.29. The molecule has 0 spiro atoms. The Morgan fingerprint density at radius 1 is 1.05 bits per heavy atom. The second-order valence-corrected chi connectivity index (χ2v) is 7.47. The normalized spacial score (nSPS) is 22.3. The van der Waals surface area contributed by atoms with Crippen LogP contribution in [-0.2, 0) is 0 Å². The standard InChI is InChI=1S/C18H29N/c1-12-8-9-15(10-13(12)2)14(3)19-11-16-17(4,5)18(16,6)7/h8-10,14,16,19H,11H2,1-7H3. The molecule has 1 aliphatic rings. The molecule has 1 fully saturated rings. The maximum absolute atomic E-state index is 3.72. The minimum Gasteiger partial charge on any atom is -0.310 e. The second-order valence-electron chi connectivity index (χ2n) is 7.47. The zero-order valence-electron chi connectivity index (χ0n) is 13.6. The molecule has 1 aliphatic carbocycles. The van der Waals surface area contributed by atoms with Crippen LogP contribution in [0.1, 0.15) is 57.4 Å². The Labute approximate surface area is 118 Å². The fraction of sp³-hybridized carbons (Fsp3) is 0.667. The van der Waals surface area contributed by atoms with Gasteiger partial charge in [-0.3, -0.25) is 0 Å². The van der Waals surface area contributed by atoms with Crippen LogP contribution in [0.25, 0.3) is 0 Å². The van der Waals surface area contributed by atoms with Crippen LogP contribution in [0.4, 0.5) is 0 Å². The smallest absolute Gasteiger partial charge is 0.0292 e. The lowest BCUT2D eigenvalue weighted by Crippen LogP contribution is -2.23. The summed E-state index contributed by atoms with van der Waals surface area (Å²) >= 11 is 0. The van der Waals surface area contributed by atoms with E-state index in [0.717, 1.165) is 12.5 Å². The lowest BCUT2D eigenvalue weighted by molar-refractivity contribution is 0.457. The summed E-state index contributed by atoms with van der Waals surface area (Å²) in [6, 6.07) is 7.24. The maximum atomic E-state index is 3.72. The van der Waals surface area contributed by atoms with E-state index in [1.54, 1.807) is 0 Å². The van der Waals surface area contributed by atoms with Gasteiger partial charge in [0.05, 0.1) is 0 Å². The number of aryl methyl sites for hydroxylation is 2. The van der Waals surface area contributed by atoms with Crippen molar-refractivity contribution in [3.63, 3.8) is 0 Å². The molecule has 1 atom stereocenters. The summed E-state index contributed by atoms with van der Waals surface area (Å²) in [6.07, 6.45) is 0. The molecule has 0 bridgehead atoms. The molecule has 1 aromatic carbocycles. The van der Waals surface area contributed by atoms with Crippen LogP contribution in [-0.4, -0.2) is 6.54 Å². The number of benzene rings is 1. The Bertz CT molecular complexity index is 457. The van der Waals surface area contributed by atoms with E-state index < -0.39 is 0 Å². The van der Waals surface area contributed by atoms with Crippen LogP contribution in [0.15, 0.2) is 18.2 Å². The first-order chi connectivity index (χ1) is 8.68. The minimum atomic E-state index is 0.437. The molecular formula is C18H29N. The van der Waals surface area contributed by atoms with Gasteiger partial charge < -0.3 is 5.32 Å². The van der Waals surface area contributed by atoms with Gasteiger partial charge in [0.15, 0.2) is 0 Å². The van der Waals surface area contributed by atoms with Gasteiger partial charge in [0.1, 0.15) is 0 Å². The molecule has 0 radical (unpaired) electrons. The summed E-state index contributed by atoms with van der Waals surface area (Å²) in [7, 11) is 0. The van der Waals surface area contributed by atoms with E-state index in [9.17, 15) is 0 Å². The zero-order chi connectivity index (χ0) is 14.4. The highest BCUT2D eigenvalue weighted by Gasteiger charge is 2.63. The van der Waals surface area contributed by atoms with Crippen molar-refractivity contribution in [3.05, 3.63) is 34.9 Å². The Kier molecular flexibility index (Phi) is 3.55. The van der Waals surface area contributed by atoms with Gasteiger partial charge in [-0.15, -0.1) is 0 Å². The van der Waals surface area contributed by atoms with E-state index in [0.29, 0.717) is 16.9 Å². The molecule has 1 saturated carbocycles. The number of hydrogen-bond donors (Lipinski definition) is 1. The largest absolute Gasteiger partial charge is 0.310 e. The van der Waals surface area contributed by atoms with Gasteiger partial charge in [-0.2, -0.15) is 0 Å². The maximum Gasteiger partial charge on any atom is 0.0292 e. The number of hydrogen-bond acceptors (Lipinski definition) is 1. The Morgan fingerprint density at radius 3 is 2.11 bits per heavy atom. The zero-order valence-corrected chi connectivity index (χ0v) is 13.6. The Hall–Kier alpha value is -0.820. The third-order valence-corrected chi connectivity index (χ3v) is 5.98. The quantitative estimate of drug-likeness (QED) is 0.831. The van der Waals surface area contributed by atoms with Crippen molar-refractivity contribution in [2.45, 2.75) is 54.5 Å². The summed E-state index contributed by atoms with van der Waals surface area (Å²) in [5, 5.41) is 3.72. The van der Waals surface area contributed by atoms with Gasteiger partial charge in [-0.25, -0.2) is 0 Å². The molecule has 0 aromatic heterocycles. The molecule has 1 nitrogen and oxygen atoms in total. The summed E-state index contributed by atoms with van der Waals surface area (Å²) in [5.41, 5.74) is 5.12. The average Bonchev–Trinajstić information content (AvgIpc) is 2.70. The van der Waals surface area contributed by atoms with Gasteiger partial charge in [0.2, 0.25) is 0 Å². The van der Waals surface area contributed by atoms with Crippen LogP contribution in [0.5, 0.6) is 0 Å². The van der Waals surface area contributed by atoms with Crippen molar-refractivity contribution in [3.8, 4) is 0 Å². The molecule has 0 amide bonds. The van der Waals surface area contributed by atoms with Crippen molar-refractivity contribution in [2.75, 3.05) is 6.54 Å². The third kappa shape index (κ3) is 2.45. The van der Waals surface area contributed by atoms with E-state index >= 15 is 0 Å². The lowest BCUT2D eigenvalue weighted by atomic mass is 10.0. The molecular weight excluding hydrogens is 230 g/mol. The van der Waals surface area contributed by atoms with Crippen molar-refractivity contribution < 1.29 is 0 Å².